The number of hydrogen-bond donors (Lipinski definition) is 1. The van der Waals surface area contributed by atoms with Crippen LogP contribution in [0.2, 0.25) is 5.02 Å². The van der Waals surface area contributed by atoms with Gasteiger partial charge in [0.15, 0.2) is 5.78 Å². The quantitative estimate of drug-likeness (QED) is 0.584. The second-order valence-corrected chi connectivity index (χ2v) is 7.07. The predicted molar refractivity (Wildman–Crippen MR) is 96.8 cm³/mol. The summed E-state index contributed by atoms with van der Waals surface area (Å²) < 4.78 is 79.0. The average Bonchev–Trinajstić information content (AvgIpc) is 2.92. The second-order valence-electron chi connectivity index (χ2n) is 6.66. The number of nitrogens with one attached hydrogen (secondary N) is 1. The zero-order chi connectivity index (χ0) is 21.4. The Morgan fingerprint density at radius 1 is 0.966 bits per heavy atom. The second kappa shape index (κ2) is 7.40. The number of halogens is 7. The van der Waals surface area contributed by atoms with Crippen LogP contribution in [0.1, 0.15) is 17.5 Å². The van der Waals surface area contributed by atoms with Gasteiger partial charge in [-0.05, 0) is 35.9 Å². The summed E-state index contributed by atoms with van der Waals surface area (Å²) in [6, 6.07) is 8.31. The first-order chi connectivity index (χ1) is 13.4. The minimum Gasteiger partial charge on any atom is -0.376 e. The summed E-state index contributed by atoms with van der Waals surface area (Å²) in [5.74, 6) is -0.848. The molecule has 0 saturated carbocycles. The third kappa shape index (κ3) is 4.27. The van der Waals surface area contributed by atoms with Crippen molar-refractivity contribution >= 4 is 23.1 Å². The van der Waals surface area contributed by atoms with Gasteiger partial charge < -0.3 is 5.32 Å². The summed E-state index contributed by atoms with van der Waals surface area (Å²) in [7, 11) is 0. The van der Waals surface area contributed by atoms with Crippen LogP contribution in [0.25, 0.3) is 0 Å². The van der Waals surface area contributed by atoms with Gasteiger partial charge in [-0.25, -0.2) is 0 Å². The summed E-state index contributed by atoms with van der Waals surface area (Å²) >= 11 is 6.06. The molecule has 0 aromatic heterocycles. The lowest BCUT2D eigenvalue weighted by atomic mass is 9.71. The minimum absolute atomic E-state index is 0.164. The van der Waals surface area contributed by atoms with E-state index in [9.17, 15) is 31.1 Å². The Kier molecular flexibility index (Phi) is 5.42. The van der Waals surface area contributed by atoms with E-state index in [1.165, 1.54) is 18.2 Å². The normalized spacial score (nSPS) is 22.2. The van der Waals surface area contributed by atoms with E-state index in [1.807, 2.05) is 0 Å². The fourth-order valence-corrected chi connectivity index (χ4v) is 3.65. The van der Waals surface area contributed by atoms with Crippen LogP contribution >= 0.6 is 11.6 Å². The number of carbonyl (C=O) groups excluding carboxylic acids is 1. The van der Waals surface area contributed by atoms with Crippen molar-refractivity contribution in [3.05, 3.63) is 76.8 Å². The van der Waals surface area contributed by atoms with Gasteiger partial charge in [-0.3, -0.25) is 4.79 Å². The van der Waals surface area contributed by atoms with Gasteiger partial charge in [-0.2, -0.15) is 26.3 Å². The number of para-hydroxylation sites is 1. The Morgan fingerprint density at radius 3 is 2.14 bits per heavy atom. The van der Waals surface area contributed by atoms with E-state index in [2.05, 4.69) is 5.32 Å². The van der Waals surface area contributed by atoms with Crippen molar-refractivity contribution in [1.29, 1.82) is 0 Å². The lowest BCUT2D eigenvalue weighted by molar-refractivity contribution is -0.155. The minimum atomic E-state index is -4.75. The molecule has 0 saturated heterocycles. The highest BCUT2D eigenvalue weighted by Gasteiger charge is 2.54. The Labute approximate surface area is 167 Å². The first-order valence-corrected chi connectivity index (χ1v) is 8.79. The van der Waals surface area contributed by atoms with Gasteiger partial charge in [0.1, 0.15) is 0 Å². The summed E-state index contributed by atoms with van der Waals surface area (Å²) in [5.41, 5.74) is -3.03. The Bertz CT molecular complexity index is 935. The maximum Gasteiger partial charge on any atom is 0.416 e. The molecule has 1 aliphatic rings. The zero-order valence-corrected chi connectivity index (χ0v) is 15.4. The largest absolute Gasteiger partial charge is 0.416 e. The third-order valence-corrected chi connectivity index (χ3v) is 5.13. The van der Waals surface area contributed by atoms with Crippen LogP contribution < -0.4 is 5.32 Å². The maximum absolute atomic E-state index is 13.5. The van der Waals surface area contributed by atoms with Crippen molar-refractivity contribution in [2.45, 2.75) is 30.2 Å². The molecule has 2 aromatic carbocycles. The molecule has 3 rings (SSSR count). The van der Waals surface area contributed by atoms with Gasteiger partial charge in [0.2, 0.25) is 0 Å². The zero-order valence-electron chi connectivity index (χ0n) is 14.6. The van der Waals surface area contributed by atoms with Crippen molar-refractivity contribution in [2.24, 2.45) is 0 Å². The molecular formula is C20H14ClF6NO. The highest BCUT2D eigenvalue weighted by molar-refractivity contribution is 6.33. The predicted octanol–water partition coefficient (Wildman–Crippen LogP) is 6.17. The molecule has 0 fully saturated rings. The van der Waals surface area contributed by atoms with Crippen molar-refractivity contribution in [3.8, 4) is 0 Å². The van der Waals surface area contributed by atoms with Crippen molar-refractivity contribution < 1.29 is 31.1 Å². The Balaban J connectivity index is 2.09. The summed E-state index contributed by atoms with van der Waals surface area (Å²) in [4.78, 5) is 12.7. The number of anilines is 1. The van der Waals surface area contributed by atoms with E-state index in [1.54, 1.807) is 12.1 Å². The molecule has 0 aliphatic heterocycles. The van der Waals surface area contributed by atoms with Crippen molar-refractivity contribution in [2.75, 3.05) is 5.32 Å². The molecule has 0 radical (unpaired) electrons. The molecule has 1 N–H and O–H groups in total. The van der Waals surface area contributed by atoms with Crippen LogP contribution in [0.5, 0.6) is 0 Å². The molecule has 2 aromatic rings. The van der Waals surface area contributed by atoms with Crippen LogP contribution in [0.15, 0.2) is 60.7 Å². The number of benzene rings is 2. The standard InChI is InChI=1S/C20H14ClF6NO/c21-14-3-1-2-4-15(14)28-16-9-10-17(29)18(16,11-19(22,23)24)12-5-7-13(8-6-12)20(25,26)27/h1-10,16,28H,11H2/t16-,18-/m1/s1. The number of ketones is 1. The SMILES string of the molecule is O=C1C=C[C@@H](Nc2ccccc2Cl)[C@@]1(CC(F)(F)F)c1ccc(C(F)(F)F)cc1. The Morgan fingerprint density at radius 2 is 1.59 bits per heavy atom. The fraction of sp³-hybridized carbons (Fsp3) is 0.250. The number of rotatable bonds is 4. The molecule has 2 nitrogen and oxygen atoms in total. The highest BCUT2D eigenvalue weighted by Crippen LogP contribution is 2.45. The van der Waals surface area contributed by atoms with Crippen LogP contribution in [-0.4, -0.2) is 18.0 Å². The van der Waals surface area contributed by atoms with E-state index < -0.39 is 41.6 Å². The average molecular weight is 434 g/mol. The van der Waals surface area contributed by atoms with E-state index in [-0.39, 0.29) is 10.6 Å². The third-order valence-electron chi connectivity index (χ3n) is 4.80. The first-order valence-electron chi connectivity index (χ1n) is 8.42. The molecule has 0 amide bonds. The highest BCUT2D eigenvalue weighted by atomic mass is 35.5. The fourth-order valence-electron chi connectivity index (χ4n) is 3.46. The van der Waals surface area contributed by atoms with Gasteiger partial charge >= 0.3 is 12.4 Å². The van der Waals surface area contributed by atoms with E-state index in [0.29, 0.717) is 17.8 Å². The van der Waals surface area contributed by atoms with E-state index in [4.69, 9.17) is 11.6 Å². The number of carbonyl (C=O) groups is 1. The van der Waals surface area contributed by atoms with Gasteiger partial charge in [0, 0.05) is 0 Å². The van der Waals surface area contributed by atoms with Crippen LogP contribution in [0.4, 0.5) is 32.0 Å². The van der Waals surface area contributed by atoms with Crippen LogP contribution in [0.3, 0.4) is 0 Å². The Hall–Kier alpha value is -2.48. The first kappa shape index (κ1) is 21.2. The molecule has 29 heavy (non-hydrogen) atoms. The molecule has 1 aliphatic carbocycles. The van der Waals surface area contributed by atoms with E-state index >= 15 is 0 Å². The number of alkyl halides is 6. The smallest absolute Gasteiger partial charge is 0.376 e. The van der Waals surface area contributed by atoms with Crippen molar-refractivity contribution in [1.82, 2.24) is 0 Å². The van der Waals surface area contributed by atoms with Crippen LogP contribution in [0, 0.1) is 0 Å². The molecule has 2 atom stereocenters. The lowest BCUT2D eigenvalue weighted by Gasteiger charge is -2.36. The lowest BCUT2D eigenvalue weighted by Crippen LogP contribution is -2.48. The van der Waals surface area contributed by atoms with Gasteiger partial charge in [-0.1, -0.05) is 41.9 Å². The summed E-state index contributed by atoms with van der Waals surface area (Å²) in [6.07, 6.45) is -8.65. The topological polar surface area (TPSA) is 29.1 Å². The van der Waals surface area contributed by atoms with Gasteiger partial charge in [0.05, 0.1) is 34.2 Å². The number of hydrogen-bond acceptors (Lipinski definition) is 2. The summed E-state index contributed by atoms with van der Waals surface area (Å²) in [5, 5.41) is 3.06. The maximum atomic E-state index is 13.5. The van der Waals surface area contributed by atoms with Crippen LogP contribution in [-0.2, 0) is 16.4 Å². The monoisotopic (exact) mass is 433 g/mol. The molecular weight excluding hydrogens is 420 g/mol. The van der Waals surface area contributed by atoms with Crippen molar-refractivity contribution in [3.63, 3.8) is 0 Å². The molecule has 154 valence electrons. The van der Waals surface area contributed by atoms with E-state index in [0.717, 1.165) is 18.2 Å². The molecule has 0 bridgehead atoms. The molecule has 9 heteroatoms. The molecule has 0 heterocycles. The molecule has 0 unspecified atom stereocenters. The van der Waals surface area contributed by atoms with Gasteiger partial charge in [0.25, 0.3) is 0 Å². The number of allylic oxidation sites excluding steroid dienone is 1. The van der Waals surface area contributed by atoms with Gasteiger partial charge in [-0.15, -0.1) is 0 Å². The molecule has 0 spiro atoms. The summed E-state index contributed by atoms with van der Waals surface area (Å²) in [6.45, 7) is 0.